The first-order chi connectivity index (χ1) is 7.95. The van der Waals surface area contributed by atoms with Crippen LogP contribution in [-0.2, 0) is 14.4 Å². The molecule has 1 fully saturated rings. The molecule has 1 aliphatic rings. The van der Waals surface area contributed by atoms with Gasteiger partial charge in [0.15, 0.2) is 0 Å². The molecule has 0 aromatic heterocycles. The summed E-state index contributed by atoms with van der Waals surface area (Å²) in [5, 5.41) is 14.4. The smallest absolute Gasteiger partial charge is 0.320 e. The van der Waals surface area contributed by atoms with E-state index in [1.54, 1.807) is 6.92 Å². The number of carbonyl (C=O) groups is 3. The Hall–Kier alpha value is -1.43. The molecule has 0 aliphatic carbocycles. The first kappa shape index (κ1) is 13.6. The Kier molecular flexibility index (Phi) is 4.62. The largest absolute Gasteiger partial charge is 0.480 e. The van der Waals surface area contributed by atoms with E-state index in [2.05, 4.69) is 10.6 Å². The molecule has 1 saturated heterocycles. The lowest BCUT2D eigenvalue weighted by molar-refractivity contribution is -0.139. The molecule has 3 atom stereocenters. The van der Waals surface area contributed by atoms with Crippen molar-refractivity contribution < 1.29 is 19.5 Å². The van der Waals surface area contributed by atoms with Crippen molar-refractivity contribution in [2.45, 2.75) is 38.8 Å². The highest BCUT2D eigenvalue weighted by Gasteiger charge is 2.40. The fourth-order valence-electron chi connectivity index (χ4n) is 2.11. The van der Waals surface area contributed by atoms with Crippen LogP contribution in [0, 0.1) is 5.92 Å². The number of aliphatic carboxylic acids is 1. The number of carbonyl (C=O) groups excluding carboxylic acids is 2. The van der Waals surface area contributed by atoms with E-state index in [0.717, 1.165) is 0 Å². The fraction of sp³-hybridized carbons (Fsp3) is 0.727. The van der Waals surface area contributed by atoms with Crippen molar-refractivity contribution in [3.8, 4) is 0 Å². The van der Waals surface area contributed by atoms with Gasteiger partial charge in [0.25, 0.3) is 0 Å². The Bertz CT molecular complexity index is 329. The van der Waals surface area contributed by atoms with E-state index in [0.29, 0.717) is 12.8 Å². The lowest BCUT2D eigenvalue weighted by Gasteiger charge is -2.17. The number of nitrogens with one attached hydrogen (secondary N) is 2. The second-order valence-corrected chi connectivity index (χ2v) is 4.26. The van der Waals surface area contributed by atoms with Gasteiger partial charge < -0.3 is 10.4 Å². The molecule has 0 bridgehead atoms. The normalized spacial score (nSPS) is 27.8. The van der Waals surface area contributed by atoms with Crippen LogP contribution in [0.5, 0.6) is 0 Å². The molecule has 3 N–H and O–H groups in total. The molecule has 0 unspecified atom stereocenters. The maximum Gasteiger partial charge on any atom is 0.320 e. The number of carboxylic acid groups (broad SMARTS) is 1. The zero-order valence-corrected chi connectivity index (χ0v) is 10.0. The van der Waals surface area contributed by atoms with Crippen LogP contribution >= 0.6 is 0 Å². The van der Waals surface area contributed by atoms with Crippen LogP contribution in [0.25, 0.3) is 0 Å². The first-order valence-electron chi connectivity index (χ1n) is 5.71. The highest BCUT2D eigenvalue weighted by atomic mass is 16.4. The van der Waals surface area contributed by atoms with E-state index < -0.39 is 12.0 Å². The zero-order chi connectivity index (χ0) is 13.0. The third-order valence-electron chi connectivity index (χ3n) is 3.02. The van der Waals surface area contributed by atoms with Crippen LogP contribution in [0.3, 0.4) is 0 Å². The minimum absolute atomic E-state index is 0.0385. The Balaban J connectivity index is 2.66. The molecule has 1 amide bonds. The van der Waals surface area contributed by atoms with Gasteiger partial charge >= 0.3 is 5.97 Å². The van der Waals surface area contributed by atoms with Gasteiger partial charge in [-0.05, 0) is 6.42 Å². The van der Waals surface area contributed by atoms with Gasteiger partial charge in [-0.1, -0.05) is 6.92 Å². The quantitative estimate of drug-likeness (QED) is 0.606. The summed E-state index contributed by atoms with van der Waals surface area (Å²) in [5.41, 5.74) is 0. The Labute approximate surface area is 99.8 Å². The van der Waals surface area contributed by atoms with Gasteiger partial charge in [0.05, 0.1) is 0 Å². The number of rotatable bonds is 5. The molecule has 0 spiro atoms. The molecular weight excluding hydrogens is 224 g/mol. The standard InChI is InChI=1S/C11H18N2O4/c1-3-10(15)7-4-8(11(16)17)13-9(7)5-12-6(2)14/h7-9,13H,3-5H2,1-2H3,(H,12,14)(H,16,17)/t7-,8-,9+/m1/s1. The summed E-state index contributed by atoms with van der Waals surface area (Å²) in [7, 11) is 0. The molecule has 6 nitrogen and oxygen atoms in total. The van der Waals surface area contributed by atoms with Crippen LogP contribution in [0.2, 0.25) is 0 Å². The summed E-state index contributed by atoms with van der Waals surface area (Å²) in [6, 6.07) is -0.985. The molecule has 17 heavy (non-hydrogen) atoms. The monoisotopic (exact) mass is 242 g/mol. The van der Waals surface area contributed by atoms with Crippen LogP contribution in [0.1, 0.15) is 26.7 Å². The molecule has 0 radical (unpaired) electrons. The highest BCUT2D eigenvalue weighted by molar-refractivity contribution is 5.84. The molecule has 1 heterocycles. The second kappa shape index (κ2) is 5.77. The summed E-state index contributed by atoms with van der Waals surface area (Å²) in [4.78, 5) is 33.4. The predicted molar refractivity (Wildman–Crippen MR) is 60.4 cm³/mol. The second-order valence-electron chi connectivity index (χ2n) is 4.26. The maximum absolute atomic E-state index is 11.7. The summed E-state index contributed by atoms with van der Waals surface area (Å²) >= 11 is 0. The molecule has 0 aromatic rings. The van der Waals surface area contributed by atoms with Gasteiger partial charge in [-0.15, -0.1) is 0 Å². The minimum atomic E-state index is -0.954. The molecule has 1 aliphatic heterocycles. The number of amides is 1. The van der Waals surface area contributed by atoms with E-state index in [4.69, 9.17) is 5.11 Å². The topological polar surface area (TPSA) is 95.5 Å². The third-order valence-corrected chi connectivity index (χ3v) is 3.02. The average molecular weight is 242 g/mol. The highest BCUT2D eigenvalue weighted by Crippen LogP contribution is 2.22. The molecule has 0 aromatic carbocycles. The third kappa shape index (κ3) is 3.52. The Morgan fingerprint density at radius 2 is 2.06 bits per heavy atom. The van der Waals surface area contributed by atoms with Crippen molar-refractivity contribution in [1.29, 1.82) is 0 Å². The van der Waals surface area contributed by atoms with E-state index in [-0.39, 0.29) is 30.2 Å². The van der Waals surface area contributed by atoms with Gasteiger partial charge in [0.2, 0.25) is 5.91 Å². The molecule has 1 rings (SSSR count). The zero-order valence-electron chi connectivity index (χ0n) is 10.0. The van der Waals surface area contributed by atoms with Crippen LogP contribution in [-0.4, -0.2) is 41.4 Å². The van der Waals surface area contributed by atoms with E-state index in [9.17, 15) is 14.4 Å². The van der Waals surface area contributed by atoms with Gasteiger partial charge in [-0.2, -0.15) is 0 Å². The fourth-order valence-corrected chi connectivity index (χ4v) is 2.11. The van der Waals surface area contributed by atoms with Crippen molar-refractivity contribution in [3.05, 3.63) is 0 Å². The number of hydrogen-bond acceptors (Lipinski definition) is 4. The minimum Gasteiger partial charge on any atom is -0.480 e. The number of hydrogen-bond donors (Lipinski definition) is 3. The van der Waals surface area contributed by atoms with Crippen molar-refractivity contribution in [2.24, 2.45) is 5.92 Å². The number of ketones is 1. The van der Waals surface area contributed by atoms with E-state index in [1.165, 1.54) is 6.92 Å². The van der Waals surface area contributed by atoms with Gasteiger partial charge in [0, 0.05) is 31.8 Å². The Morgan fingerprint density at radius 3 is 2.53 bits per heavy atom. The van der Waals surface area contributed by atoms with Crippen LogP contribution in [0.4, 0.5) is 0 Å². The maximum atomic E-state index is 11.7. The molecule has 96 valence electrons. The summed E-state index contributed by atoms with van der Waals surface area (Å²) in [5.74, 6) is -1.43. The molecule has 0 saturated carbocycles. The van der Waals surface area contributed by atoms with E-state index in [1.807, 2.05) is 0 Å². The van der Waals surface area contributed by atoms with Crippen molar-refractivity contribution in [3.63, 3.8) is 0 Å². The van der Waals surface area contributed by atoms with Crippen LogP contribution < -0.4 is 10.6 Å². The molecular formula is C11H18N2O4. The lowest BCUT2D eigenvalue weighted by Crippen LogP contribution is -2.44. The molecule has 6 heteroatoms. The SMILES string of the molecule is CCC(=O)[C@@H]1C[C@H](C(=O)O)N[C@H]1CNC(C)=O. The van der Waals surface area contributed by atoms with E-state index >= 15 is 0 Å². The van der Waals surface area contributed by atoms with Crippen molar-refractivity contribution in [2.75, 3.05) is 6.54 Å². The van der Waals surface area contributed by atoms with Gasteiger partial charge in [-0.25, -0.2) is 0 Å². The van der Waals surface area contributed by atoms with Crippen LogP contribution in [0.15, 0.2) is 0 Å². The first-order valence-corrected chi connectivity index (χ1v) is 5.71. The van der Waals surface area contributed by atoms with Gasteiger partial charge in [-0.3, -0.25) is 19.7 Å². The Morgan fingerprint density at radius 1 is 1.41 bits per heavy atom. The number of carboxylic acids is 1. The summed E-state index contributed by atoms with van der Waals surface area (Å²) in [6.45, 7) is 3.43. The summed E-state index contributed by atoms with van der Waals surface area (Å²) in [6.07, 6.45) is 0.682. The summed E-state index contributed by atoms with van der Waals surface area (Å²) < 4.78 is 0. The average Bonchev–Trinajstić information content (AvgIpc) is 2.69. The van der Waals surface area contributed by atoms with Crippen molar-refractivity contribution in [1.82, 2.24) is 10.6 Å². The number of Topliss-reactive ketones (excluding diaryl/α,β-unsaturated/α-hetero) is 1. The van der Waals surface area contributed by atoms with Crippen molar-refractivity contribution >= 4 is 17.7 Å². The predicted octanol–water partition coefficient (Wildman–Crippen LogP) is -0.467. The van der Waals surface area contributed by atoms with Gasteiger partial charge in [0.1, 0.15) is 11.8 Å². The lowest BCUT2D eigenvalue weighted by atomic mass is 9.92.